The van der Waals surface area contributed by atoms with Crippen molar-refractivity contribution >= 4 is 11.8 Å². The smallest absolute Gasteiger partial charge is 0.340 e. The number of nitrogen functional groups attached to an aromatic ring is 1. The lowest BCUT2D eigenvalue weighted by molar-refractivity contribution is 0.0477. The van der Waals surface area contributed by atoms with Crippen LogP contribution in [-0.2, 0) is 11.2 Å². The van der Waals surface area contributed by atoms with Crippen molar-refractivity contribution < 1.29 is 9.53 Å². The number of fused-ring (bicyclic) bond motifs is 1. The summed E-state index contributed by atoms with van der Waals surface area (Å²) in [6, 6.07) is 1.77. The number of pyridine rings is 1. The number of rotatable bonds is 1. The predicted molar refractivity (Wildman–Crippen MR) is 56.7 cm³/mol. The topological polar surface area (TPSA) is 65.2 Å². The second-order valence-corrected chi connectivity index (χ2v) is 4.01. The van der Waals surface area contributed by atoms with Crippen LogP contribution in [0.15, 0.2) is 6.07 Å². The number of carbonyl (C=O) groups is 1. The van der Waals surface area contributed by atoms with Crippen LogP contribution in [0, 0.1) is 0 Å². The lowest BCUT2D eigenvalue weighted by Gasteiger charge is -2.20. The number of aromatic nitrogens is 1. The van der Waals surface area contributed by atoms with E-state index in [1.165, 1.54) is 0 Å². The molecule has 0 amide bonds. The highest BCUT2D eigenvalue weighted by atomic mass is 16.5. The van der Waals surface area contributed by atoms with Crippen molar-refractivity contribution in [2.75, 3.05) is 12.3 Å². The summed E-state index contributed by atoms with van der Waals surface area (Å²) in [4.78, 5) is 15.8. The number of esters is 1. The number of anilines is 1. The Hall–Kier alpha value is -1.58. The Balaban J connectivity index is 2.63. The van der Waals surface area contributed by atoms with Crippen molar-refractivity contribution in [2.24, 2.45) is 0 Å². The van der Waals surface area contributed by atoms with Crippen LogP contribution in [0.5, 0.6) is 0 Å². The molecular weight excluding hydrogens is 192 g/mol. The van der Waals surface area contributed by atoms with E-state index in [4.69, 9.17) is 10.5 Å². The summed E-state index contributed by atoms with van der Waals surface area (Å²) < 4.78 is 5.02. The van der Waals surface area contributed by atoms with Crippen LogP contribution in [0.4, 0.5) is 5.82 Å². The lowest BCUT2D eigenvalue weighted by Crippen LogP contribution is -2.21. The monoisotopic (exact) mass is 206 g/mol. The van der Waals surface area contributed by atoms with Crippen LogP contribution >= 0.6 is 0 Å². The molecule has 1 aliphatic rings. The molecule has 0 bridgehead atoms. The first-order valence-electron chi connectivity index (χ1n) is 5.06. The zero-order valence-electron chi connectivity index (χ0n) is 8.91. The van der Waals surface area contributed by atoms with E-state index in [2.05, 4.69) is 4.98 Å². The van der Waals surface area contributed by atoms with Gasteiger partial charge in [-0.05, 0) is 17.5 Å². The zero-order valence-corrected chi connectivity index (χ0v) is 8.91. The van der Waals surface area contributed by atoms with Crippen molar-refractivity contribution in [3.63, 3.8) is 0 Å². The summed E-state index contributed by atoms with van der Waals surface area (Å²) in [6.07, 6.45) is 0.730. The van der Waals surface area contributed by atoms with Gasteiger partial charge < -0.3 is 10.5 Å². The lowest BCUT2D eigenvalue weighted by atomic mass is 9.96. The highest BCUT2D eigenvalue weighted by Gasteiger charge is 2.25. The van der Waals surface area contributed by atoms with Crippen LogP contribution in [-0.4, -0.2) is 17.6 Å². The molecular formula is C11H14N2O2. The Morgan fingerprint density at radius 1 is 1.53 bits per heavy atom. The summed E-state index contributed by atoms with van der Waals surface area (Å²) in [5, 5.41) is 0. The maximum Gasteiger partial charge on any atom is 0.340 e. The van der Waals surface area contributed by atoms with Crippen LogP contribution in [0.1, 0.15) is 41.4 Å². The molecule has 0 saturated heterocycles. The van der Waals surface area contributed by atoms with Gasteiger partial charge in [-0.2, -0.15) is 0 Å². The Bertz CT molecular complexity index is 413. The summed E-state index contributed by atoms with van der Waals surface area (Å²) in [5.41, 5.74) is 8.02. The van der Waals surface area contributed by atoms with Gasteiger partial charge in [-0.15, -0.1) is 0 Å². The summed E-state index contributed by atoms with van der Waals surface area (Å²) in [7, 11) is 0. The first-order chi connectivity index (χ1) is 7.09. The number of carbonyl (C=O) groups excluding carboxylic acids is 1. The van der Waals surface area contributed by atoms with E-state index in [9.17, 15) is 4.79 Å². The number of cyclic esters (lactones) is 1. The van der Waals surface area contributed by atoms with E-state index in [0.717, 1.165) is 17.7 Å². The van der Waals surface area contributed by atoms with Gasteiger partial charge in [0.15, 0.2) is 0 Å². The molecule has 15 heavy (non-hydrogen) atoms. The van der Waals surface area contributed by atoms with Gasteiger partial charge in [0.25, 0.3) is 0 Å². The first kappa shape index (κ1) is 9.96. The Morgan fingerprint density at radius 2 is 2.27 bits per heavy atom. The van der Waals surface area contributed by atoms with E-state index in [0.29, 0.717) is 18.0 Å². The van der Waals surface area contributed by atoms with Gasteiger partial charge in [-0.25, -0.2) is 9.78 Å². The quantitative estimate of drug-likeness (QED) is 0.707. The average Bonchev–Trinajstić information content (AvgIpc) is 2.16. The standard InChI is InChI=1S/C11H14N2O2/c1-6(2)10-9-7(5-8(12)13-10)3-4-15-11(9)14/h5-6H,3-4H2,1-2H3,(H2,12,13). The fourth-order valence-electron chi connectivity index (χ4n) is 1.82. The minimum Gasteiger partial charge on any atom is -0.462 e. The minimum atomic E-state index is -0.271. The van der Waals surface area contributed by atoms with Gasteiger partial charge in [0.05, 0.1) is 17.9 Å². The Kier molecular flexibility index (Phi) is 2.34. The van der Waals surface area contributed by atoms with Gasteiger partial charge in [-0.1, -0.05) is 13.8 Å². The van der Waals surface area contributed by atoms with Crippen LogP contribution in [0.3, 0.4) is 0 Å². The fraction of sp³-hybridized carbons (Fsp3) is 0.455. The van der Waals surface area contributed by atoms with Gasteiger partial charge in [0, 0.05) is 6.42 Å². The van der Waals surface area contributed by atoms with Crippen LogP contribution < -0.4 is 5.73 Å². The number of nitrogens with zero attached hydrogens (tertiary/aromatic N) is 1. The molecule has 1 aromatic heterocycles. The average molecular weight is 206 g/mol. The van der Waals surface area contributed by atoms with E-state index >= 15 is 0 Å². The molecule has 1 aliphatic heterocycles. The van der Waals surface area contributed by atoms with Crippen molar-refractivity contribution in [1.29, 1.82) is 0 Å². The summed E-state index contributed by atoms with van der Waals surface area (Å²) >= 11 is 0. The molecule has 2 heterocycles. The van der Waals surface area contributed by atoms with E-state index < -0.39 is 0 Å². The van der Waals surface area contributed by atoms with Gasteiger partial charge in [0.2, 0.25) is 0 Å². The normalized spacial score (nSPS) is 15.0. The predicted octanol–water partition coefficient (Wildman–Crippen LogP) is 1.50. The van der Waals surface area contributed by atoms with Crippen molar-refractivity contribution in [3.8, 4) is 0 Å². The summed E-state index contributed by atoms with van der Waals surface area (Å²) in [6.45, 7) is 4.42. The number of nitrogens with two attached hydrogens (primary N) is 1. The van der Waals surface area contributed by atoms with Crippen molar-refractivity contribution in [3.05, 3.63) is 22.9 Å². The molecule has 4 heteroatoms. The van der Waals surface area contributed by atoms with Crippen LogP contribution in [0.2, 0.25) is 0 Å². The maximum absolute atomic E-state index is 11.6. The SMILES string of the molecule is CC(C)c1nc(N)cc2c1C(=O)OCC2. The molecule has 0 aliphatic carbocycles. The molecule has 0 unspecified atom stereocenters. The van der Waals surface area contributed by atoms with Gasteiger partial charge in [-0.3, -0.25) is 0 Å². The Labute approximate surface area is 88.4 Å². The molecule has 1 aromatic rings. The highest BCUT2D eigenvalue weighted by molar-refractivity contribution is 5.93. The van der Waals surface area contributed by atoms with E-state index in [1.54, 1.807) is 6.07 Å². The highest BCUT2D eigenvalue weighted by Crippen LogP contribution is 2.26. The first-order valence-corrected chi connectivity index (χ1v) is 5.06. The maximum atomic E-state index is 11.6. The molecule has 2 N–H and O–H groups in total. The molecule has 0 radical (unpaired) electrons. The third kappa shape index (κ3) is 1.67. The molecule has 0 aromatic carbocycles. The second kappa shape index (κ2) is 3.53. The number of hydrogen-bond donors (Lipinski definition) is 1. The molecule has 4 nitrogen and oxygen atoms in total. The third-order valence-corrected chi connectivity index (χ3v) is 2.50. The molecule has 80 valence electrons. The summed E-state index contributed by atoms with van der Waals surface area (Å²) in [5.74, 6) is 0.382. The number of ether oxygens (including phenoxy) is 1. The van der Waals surface area contributed by atoms with Gasteiger partial charge in [0.1, 0.15) is 5.82 Å². The van der Waals surface area contributed by atoms with Crippen molar-refractivity contribution in [2.45, 2.75) is 26.2 Å². The molecule has 2 rings (SSSR count). The largest absolute Gasteiger partial charge is 0.462 e. The molecule has 0 atom stereocenters. The van der Waals surface area contributed by atoms with E-state index in [-0.39, 0.29) is 11.9 Å². The third-order valence-electron chi connectivity index (χ3n) is 2.50. The number of hydrogen-bond acceptors (Lipinski definition) is 4. The molecule has 0 saturated carbocycles. The van der Waals surface area contributed by atoms with Crippen LogP contribution in [0.25, 0.3) is 0 Å². The molecule has 0 fully saturated rings. The van der Waals surface area contributed by atoms with Gasteiger partial charge >= 0.3 is 5.97 Å². The second-order valence-electron chi connectivity index (χ2n) is 4.01. The van der Waals surface area contributed by atoms with Crippen molar-refractivity contribution in [1.82, 2.24) is 4.98 Å². The Morgan fingerprint density at radius 3 is 2.93 bits per heavy atom. The van der Waals surface area contributed by atoms with E-state index in [1.807, 2.05) is 13.8 Å². The zero-order chi connectivity index (χ0) is 11.0. The fourth-order valence-corrected chi connectivity index (χ4v) is 1.82. The minimum absolute atomic E-state index is 0.174. The molecule has 0 spiro atoms.